The van der Waals surface area contributed by atoms with Crippen molar-refractivity contribution in [2.75, 3.05) is 26.2 Å². The summed E-state index contributed by atoms with van der Waals surface area (Å²) in [7, 11) is -2.81. The van der Waals surface area contributed by atoms with Crippen LogP contribution in [0.4, 0.5) is 13.2 Å². The highest BCUT2D eigenvalue weighted by Gasteiger charge is 2.48. The molecule has 13 nitrogen and oxygen atoms in total. The average molecular weight is 729 g/mol. The molecule has 0 unspecified atom stereocenters. The van der Waals surface area contributed by atoms with E-state index in [1.807, 2.05) is 49.8 Å². The third-order valence-electron chi connectivity index (χ3n) is 9.82. The molecule has 4 aromatic rings. The molecule has 3 aliphatic rings. The smallest absolute Gasteiger partial charge is 0.416 e. The first-order valence-electron chi connectivity index (χ1n) is 16.8. The van der Waals surface area contributed by atoms with Crippen molar-refractivity contribution in [2.45, 2.75) is 74.1 Å². The fraction of sp³-hybridized carbons (Fsp3) is 0.471. The number of alkyl halides is 3. The van der Waals surface area contributed by atoms with E-state index >= 15 is 0 Å². The largest absolute Gasteiger partial charge is 0.492 e. The van der Waals surface area contributed by atoms with Gasteiger partial charge < -0.3 is 14.8 Å². The van der Waals surface area contributed by atoms with Gasteiger partial charge in [0.05, 0.1) is 43.8 Å². The minimum Gasteiger partial charge on any atom is -0.492 e. The number of rotatable bonds is 7. The summed E-state index contributed by atoms with van der Waals surface area (Å²) in [4.78, 5) is 15.8. The molecule has 1 amide bonds. The van der Waals surface area contributed by atoms with Gasteiger partial charge in [-0.2, -0.15) is 22.6 Å². The van der Waals surface area contributed by atoms with Crippen LogP contribution in [0, 0.1) is 0 Å². The molecule has 272 valence electrons. The van der Waals surface area contributed by atoms with Crippen LogP contribution in [0.15, 0.2) is 72.0 Å². The first kappa shape index (κ1) is 35.1. The van der Waals surface area contributed by atoms with Gasteiger partial charge in [-0.05, 0) is 36.6 Å². The number of carbonyl (C=O) groups is 1. The minimum atomic E-state index is -4.80. The molecule has 2 fully saturated rings. The van der Waals surface area contributed by atoms with E-state index in [9.17, 15) is 26.4 Å². The van der Waals surface area contributed by atoms with Crippen molar-refractivity contribution in [3.05, 3.63) is 89.5 Å². The van der Waals surface area contributed by atoms with Gasteiger partial charge in [0.15, 0.2) is 0 Å². The summed E-state index contributed by atoms with van der Waals surface area (Å²) in [6.07, 6.45) is 1.43. The van der Waals surface area contributed by atoms with Gasteiger partial charge in [-0.3, -0.25) is 14.4 Å². The second-order valence-electron chi connectivity index (χ2n) is 13.5. The second-order valence-corrected chi connectivity index (χ2v) is 15.3. The van der Waals surface area contributed by atoms with E-state index in [2.05, 4.69) is 25.6 Å². The van der Waals surface area contributed by atoms with Crippen molar-refractivity contribution < 1.29 is 35.9 Å². The van der Waals surface area contributed by atoms with Crippen LogP contribution in [-0.4, -0.2) is 92.2 Å². The fourth-order valence-electron chi connectivity index (χ4n) is 7.07. The molecule has 0 bridgehead atoms. The molecule has 2 atom stereocenters. The first-order chi connectivity index (χ1) is 24.4. The maximum Gasteiger partial charge on any atom is 0.416 e. The first-order valence-corrected chi connectivity index (χ1v) is 18.2. The van der Waals surface area contributed by atoms with Crippen LogP contribution in [-0.2, 0) is 52.5 Å². The number of nitrogens with zero attached hydrogens (tertiary/aromatic N) is 7. The van der Waals surface area contributed by atoms with E-state index in [-0.39, 0.29) is 31.9 Å². The molecule has 1 spiro atoms. The lowest BCUT2D eigenvalue weighted by molar-refractivity contribution is -0.137. The number of amides is 1. The van der Waals surface area contributed by atoms with Crippen molar-refractivity contribution in [3.8, 4) is 5.75 Å². The number of piperidine rings is 1. The summed E-state index contributed by atoms with van der Waals surface area (Å²) >= 11 is 0. The molecule has 17 heteroatoms. The van der Waals surface area contributed by atoms with E-state index in [4.69, 9.17) is 9.47 Å². The lowest BCUT2D eigenvalue weighted by Gasteiger charge is -2.43. The number of likely N-dealkylation sites (tertiary alicyclic amines) is 1. The molecule has 5 heterocycles. The van der Waals surface area contributed by atoms with Crippen LogP contribution in [0.2, 0.25) is 0 Å². The normalized spacial score (nSPS) is 22.5. The number of carbonyl (C=O) groups excluding carboxylic acids is 1. The summed E-state index contributed by atoms with van der Waals surface area (Å²) < 4.78 is 86.4. The van der Waals surface area contributed by atoms with E-state index in [0.29, 0.717) is 57.2 Å². The van der Waals surface area contributed by atoms with Gasteiger partial charge >= 0.3 is 6.18 Å². The van der Waals surface area contributed by atoms with Crippen LogP contribution in [0.5, 0.6) is 5.75 Å². The lowest BCUT2D eigenvalue weighted by Crippen LogP contribution is -2.59. The Labute approximate surface area is 293 Å². The molecular weight excluding hydrogens is 689 g/mol. The third-order valence-corrected chi connectivity index (χ3v) is 11.7. The number of sulfonamides is 1. The number of nitrogens with one attached hydrogen (secondary N) is 1. The van der Waals surface area contributed by atoms with Crippen LogP contribution in [0.1, 0.15) is 48.1 Å². The van der Waals surface area contributed by atoms with Gasteiger partial charge in [0, 0.05) is 63.4 Å². The average Bonchev–Trinajstić information content (AvgIpc) is 3.85. The molecule has 3 aliphatic heterocycles. The topological polar surface area (TPSA) is 137 Å². The molecule has 2 aromatic carbocycles. The Morgan fingerprint density at radius 3 is 2.55 bits per heavy atom. The zero-order valence-corrected chi connectivity index (χ0v) is 28.8. The van der Waals surface area contributed by atoms with E-state index in [1.165, 1.54) is 0 Å². The quantitative estimate of drug-likeness (QED) is 0.304. The summed E-state index contributed by atoms with van der Waals surface area (Å²) in [6.45, 7) is 2.25. The molecule has 51 heavy (non-hydrogen) atoms. The van der Waals surface area contributed by atoms with Gasteiger partial charge in [0.1, 0.15) is 22.4 Å². The number of hydrogen-bond donors (Lipinski definition) is 1. The van der Waals surface area contributed by atoms with Crippen LogP contribution in [0.3, 0.4) is 0 Å². The number of ether oxygens (including phenoxy) is 2. The van der Waals surface area contributed by atoms with Gasteiger partial charge in [-0.25, -0.2) is 13.1 Å². The summed E-state index contributed by atoms with van der Waals surface area (Å²) in [5.41, 5.74) is 0.753. The lowest BCUT2D eigenvalue weighted by atomic mass is 9.84. The molecule has 2 aromatic heterocycles. The van der Waals surface area contributed by atoms with Crippen molar-refractivity contribution in [3.63, 3.8) is 0 Å². The number of halogens is 3. The fourth-order valence-corrected chi connectivity index (χ4v) is 8.86. The Hall–Kier alpha value is -4.32. The van der Waals surface area contributed by atoms with E-state index < -0.39 is 50.3 Å². The number of hydrogen-bond acceptors (Lipinski definition) is 9. The summed E-state index contributed by atoms with van der Waals surface area (Å²) in [5.74, 6) is -0.714. The Morgan fingerprint density at radius 2 is 1.82 bits per heavy atom. The van der Waals surface area contributed by atoms with E-state index in [1.54, 1.807) is 15.6 Å². The zero-order valence-electron chi connectivity index (χ0n) is 28.0. The number of aromatic nitrogens is 5. The van der Waals surface area contributed by atoms with Gasteiger partial charge in [0.25, 0.3) is 0 Å². The molecule has 0 aliphatic carbocycles. The van der Waals surface area contributed by atoms with Crippen molar-refractivity contribution in [1.82, 2.24) is 39.3 Å². The maximum atomic E-state index is 14.2. The molecule has 1 N–H and O–H groups in total. The van der Waals surface area contributed by atoms with Crippen LogP contribution in [0.25, 0.3) is 0 Å². The summed E-state index contributed by atoms with van der Waals surface area (Å²) in [6, 6.07) is 10.9. The molecular formula is C34H39F3N8O5S. The standard InChI is InChI=1S/C34H39F3N8O5S/c1-42-18-25(17-38-42)19-43-12-9-33(10-13-43)11-14-49-30-8-7-26(34(35,36)37)15-31(30)51(47,48)45-22-28(16-29(45)32(46)39-33)50-23-27-21-44(41-40-27)20-24-5-3-2-4-6-24/h2-8,15,17-18,21,28-29H,9-14,16,19-20,22-23H2,1H3,(H,39,46)/t28-,29+/m1/s1. The third kappa shape index (κ3) is 7.80. The Kier molecular flexibility index (Phi) is 9.64. The zero-order chi connectivity index (χ0) is 35.8. The maximum absolute atomic E-state index is 14.2. The molecule has 7 rings (SSSR count). The van der Waals surface area contributed by atoms with Crippen LogP contribution < -0.4 is 10.1 Å². The highest BCUT2D eigenvalue weighted by atomic mass is 32.2. The summed E-state index contributed by atoms with van der Waals surface area (Å²) in [5, 5.41) is 15.7. The molecule has 0 saturated carbocycles. The number of aryl methyl sites for hydroxylation is 1. The highest BCUT2D eigenvalue weighted by Crippen LogP contribution is 2.39. The van der Waals surface area contributed by atoms with Gasteiger partial charge in [0.2, 0.25) is 15.9 Å². The van der Waals surface area contributed by atoms with Gasteiger partial charge in [-0.15, -0.1) is 5.10 Å². The van der Waals surface area contributed by atoms with E-state index in [0.717, 1.165) is 27.6 Å². The Morgan fingerprint density at radius 1 is 1.04 bits per heavy atom. The number of fused-ring (bicyclic) bond motifs is 2. The second kappa shape index (κ2) is 14.0. The number of benzene rings is 2. The highest BCUT2D eigenvalue weighted by molar-refractivity contribution is 7.89. The van der Waals surface area contributed by atoms with Crippen LogP contribution >= 0.6 is 0 Å². The Bertz CT molecular complexity index is 1960. The molecule has 2 saturated heterocycles. The molecule has 0 radical (unpaired) electrons. The van der Waals surface area contributed by atoms with Crippen molar-refractivity contribution in [2.24, 2.45) is 7.05 Å². The SMILES string of the molecule is Cn1cc(CN2CCC3(CCOc4ccc(C(F)(F)F)cc4S(=O)(=O)N4C[C@H](OCc5cn(Cc6ccccc6)nn5)C[C@H]4C(=O)N3)CC2)cn1. The predicted molar refractivity (Wildman–Crippen MR) is 177 cm³/mol. The monoisotopic (exact) mass is 728 g/mol. The van der Waals surface area contributed by atoms with Gasteiger partial charge in [-0.1, -0.05) is 35.5 Å². The van der Waals surface area contributed by atoms with Crippen molar-refractivity contribution >= 4 is 15.9 Å². The van der Waals surface area contributed by atoms with Crippen molar-refractivity contribution in [1.29, 1.82) is 0 Å². The Balaban J connectivity index is 1.13. The predicted octanol–water partition coefficient (Wildman–Crippen LogP) is 3.36. The minimum absolute atomic E-state index is 0.00157.